The molecule has 0 radical (unpaired) electrons. The normalized spacial score (nSPS) is 10.7. The third-order valence-corrected chi connectivity index (χ3v) is 3.68. The van der Waals surface area contributed by atoms with E-state index in [1.165, 1.54) is 12.1 Å². The van der Waals surface area contributed by atoms with Gasteiger partial charge >= 0.3 is 0 Å². The Morgan fingerprint density at radius 2 is 1.88 bits per heavy atom. The van der Waals surface area contributed by atoms with Crippen LogP contribution in [0, 0.1) is 5.82 Å². The highest BCUT2D eigenvalue weighted by atomic mass is 35.5. The molecule has 0 fully saturated rings. The van der Waals surface area contributed by atoms with Crippen molar-refractivity contribution >= 4 is 23.2 Å². The first kappa shape index (κ1) is 18.2. The van der Waals surface area contributed by atoms with Gasteiger partial charge in [0.2, 0.25) is 5.91 Å². The van der Waals surface area contributed by atoms with Gasteiger partial charge in [-0.15, -0.1) is 0 Å². The molecule has 6 heteroatoms. The lowest BCUT2D eigenvalue weighted by Gasteiger charge is -2.16. The van der Waals surface area contributed by atoms with E-state index >= 15 is 0 Å². The van der Waals surface area contributed by atoms with Crippen molar-refractivity contribution < 1.29 is 13.9 Å². The van der Waals surface area contributed by atoms with E-state index in [9.17, 15) is 9.18 Å². The van der Waals surface area contributed by atoms with Gasteiger partial charge in [0.1, 0.15) is 18.2 Å². The number of amides is 1. The molecule has 0 aliphatic heterocycles. The Hall–Kier alpha value is -2.11. The van der Waals surface area contributed by atoms with Crippen LogP contribution in [0.4, 0.5) is 10.1 Å². The summed E-state index contributed by atoms with van der Waals surface area (Å²) >= 11 is 5.81. The zero-order valence-corrected chi connectivity index (χ0v) is 14.2. The van der Waals surface area contributed by atoms with Crippen LogP contribution >= 0.6 is 11.6 Å². The maximum Gasteiger partial charge on any atom is 0.225 e. The summed E-state index contributed by atoms with van der Waals surface area (Å²) in [4.78, 5) is 13.8. The van der Waals surface area contributed by atoms with Crippen molar-refractivity contribution in [1.82, 2.24) is 4.90 Å². The highest BCUT2D eigenvalue weighted by molar-refractivity contribution is 6.30. The summed E-state index contributed by atoms with van der Waals surface area (Å²) < 4.78 is 19.1. The number of likely N-dealkylation sites (N-methyl/N-ethyl adjacent to an activating group) is 1. The lowest BCUT2D eigenvalue weighted by Crippen LogP contribution is -2.28. The predicted octanol–water partition coefficient (Wildman–Crippen LogP) is 3.82. The molecule has 2 aromatic rings. The number of carbonyl (C=O) groups excluding carboxylic acids is 1. The molecule has 0 spiro atoms. The van der Waals surface area contributed by atoms with Crippen LogP contribution < -0.4 is 10.1 Å². The summed E-state index contributed by atoms with van der Waals surface area (Å²) in [5.41, 5.74) is 0.205. The molecule has 0 heterocycles. The van der Waals surface area contributed by atoms with Crippen molar-refractivity contribution in [2.75, 3.05) is 32.1 Å². The summed E-state index contributed by atoms with van der Waals surface area (Å²) in [5, 5.41) is 3.24. The highest BCUT2D eigenvalue weighted by Gasteiger charge is 2.08. The average Bonchev–Trinajstić information content (AvgIpc) is 2.57. The Labute approximate surface area is 146 Å². The van der Waals surface area contributed by atoms with E-state index in [-0.39, 0.29) is 18.0 Å². The third kappa shape index (κ3) is 6.18. The first-order valence-corrected chi connectivity index (χ1v) is 8.03. The van der Waals surface area contributed by atoms with Crippen molar-refractivity contribution in [3.05, 3.63) is 59.4 Å². The quantitative estimate of drug-likeness (QED) is 0.787. The fourth-order valence-corrected chi connectivity index (χ4v) is 2.16. The third-order valence-electron chi connectivity index (χ3n) is 3.42. The summed E-state index contributed by atoms with van der Waals surface area (Å²) in [6, 6.07) is 13.3. The van der Waals surface area contributed by atoms with Crippen LogP contribution in [-0.2, 0) is 4.79 Å². The summed E-state index contributed by atoms with van der Waals surface area (Å²) in [6.07, 6.45) is 0.284. The molecule has 1 amide bonds. The molecule has 2 aromatic carbocycles. The fourth-order valence-electron chi connectivity index (χ4n) is 2.03. The van der Waals surface area contributed by atoms with Gasteiger partial charge in [0.25, 0.3) is 0 Å². The lowest BCUT2D eigenvalue weighted by molar-refractivity contribution is -0.116. The van der Waals surface area contributed by atoms with Crippen molar-refractivity contribution in [3.8, 4) is 5.75 Å². The fraction of sp³-hybridized carbons (Fsp3) is 0.278. The van der Waals surface area contributed by atoms with Gasteiger partial charge in [0.05, 0.1) is 5.69 Å². The second-order valence-corrected chi connectivity index (χ2v) is 5.82. The Morgan fingerprint density at radius 3 is 2.58 bits per heavy atom. The number of ether oxygens (including phenoxy) is 1. The minimum atomic E-state index is -0.435. The SMILES string of the molecule is CN(CCOc1ccc(Cl)cc1)CCC(=O)Nc1ccccc1F. The topological polar surface area (TPSA) is 41.6 Å². The van der Waals surface area contributed by atoms with Gasteiger partial charge in [-0.05, 0) is 43.4 Å². The molecule has 0 atom stereocenters. The number of benzene rings is 2. The van der Waals surface area contributed by atoms with Crippen LogP contribution in [0.2, 0.25) is 5.02 Å². The Kier molecular flexibility index (Phi) is 7.03. The largest absolute Gasteiger partial charge is 0.492 e. The second kappa shape index (κ2) is 9.25. The summed E-state index contributed by atoms with van der Waals surface area (Å²) in [6.45, 7) is 1.74. The zero-order valence-electron chi connectivity index (χ0n) is 13.5. The van der Waals surface area contributed by atoms with Gasteiger partial charge in [-0.1, -0.05) is 23.7 Å². The molecule has 24 heavy (non-hydrogen) atoms. The molecule has 1 N–H and O–H groups in total. The number of carbonyl (C=O) groups is 1. The van der Waals surface area contributed by atoms with Crippen LogP contribution in [0.3, 0.4) is 0 Å². The highest BCUT2D eigenvalue weighted by Crippen LogP contribution is 2.15. The average molecular weight is 351 g/mol. The molecular weight excluding hydrogens is 331 g/mol. The molecule has 2 rings (SSSR count). The van der Waals surface area contributed by atoms with Crippen molar-refractivity contribution in [2.45, 2.75) is 6.42 Å². The Morgan fingerprint density at radius 1 is 1.17 bits per heavy atom. The Balaban J connectivity index is 1.65. The maximum atomic E-state index is 13.5. The van der Waals surface area contributed by atoms with Gasteiger partial charge < -0.3 is 15.0 Å². The number of hydrogen-bond donors (Lipinski definition) is 1. The lowest BCUT2D eigenvalue weighted by atomic mass is 10.3. The minimum Gasteiger partial charge on any atom is -0.492 e. The van der Waals surface area contributed by atoms with Crippen LogP contribution in [-0.4, -0.2) is 37.6 Å². The molecule has 0 unspecified atom stereocenters. The van der Waals surface area contributed by atoms with E-state index in [1.54, 1.807) is 24.3 Å². The van der Waals surface area contributed by atoms with Crippen molar-refractivity contribution in [1.29, 1.82) is 0 Å². The monoisotopic (exact) mass is 350 g/mol. The molecule has 0 saturated carbocycles. The van der Waals surface area contributed by atoms with Gasteiger partial charge in [-0.3, -0.25) is 4.79 Å². The maximum absolute atomic E-state index is 13.5. The van der Waals surface area contributed by atoms with Gasteiger partial charge in [-0.2, -0.15) is 0 Å². The minimum absolute atomic E-state index is 0.205. The smallest absolute Gasteiger partial charge is 0.225 e. The van der Waals surface area contributed by atoms with E-state index in [4.69, 9.17) is 16.3 Å². The zero-order chi connectivity index (χ0) is 17.4. The van der Waals surface area contributed by atoms with Crippen LogP contribution in [0.1, 0.15) is 6.42 Å². The second-order valence-electron chi connectivity index (χ2n) is 5.38. The molecule has 128 valence electrons. The van der Waals surface area contributed by atoms with E-state index in [1.807, 2.05) is 24.1 Å². The summed E-state index contributed by atoms with van der Waals surface area (Å²) in [7, 11) is 1.90. The van der Waals surface area contributed by atoms with E-state index in [0.717, 1.165) is 5.75 Å². The number of nitrogens with one attached hydrogen (secondary N) is 1. The summed E-state index contributed by atoms with van der Waals surface area (Å²) in [5.74, 6) is 0.103. The predicted molar refractivity (Wildman–Crippen MR) is 94.1 cm³/mol. The van der Waals surface area contributed by atoms with Crippen LogP contribution in [0.15, 0.2) is 48.5 Å². The number of anilines is 1. The number of para-hydroxylation sites is 1. The van der Waals surface area contributed by atoms with E-state index in [2.05, 4.69) is 5.32 Å². The molecular formula is C18H20ClFN2O2. The van der Waals surface area contributed by atoms with Gasteiger partial charge in [0.15, 0.2) is 0 Å². The van der Waals surface area contributed by atoms with Crippen molar-refractivity contribution in [3.63, 3.8) is 0 Å². The number of nitrogens with zero attached hydrogens (tertiary/aromatic N) is 1. The number of halogens is 2. The molecule has 0 aliphatic carbocycles. The van der Waals surface area contributed by atoms with Crippen LogP contribution in [0.5, 0.6) is 5.75 Å². The van der Waals surface area contributed by atoms with Crippen LogP contribution in [0.25, 0.3) is 0 Å². The molecule has 0 bridgehead atoms. The van der Waals surface area contributed by atoms with Crippen molar-refractivity contribution in [2.24, 2.45) is 0 Å². The number of hydrogen-bond acceptors (Lipinski definition) is 3. The first-order chi connectivity index (χ1) is 11.5. The standard InChI is InChI=1S/C18H20ClFN2O2/c1-22(12-13-24-15-8-6-14(19)7-9-15)11-10-18(23)21-17-5-3-2-4-16(17)20/h2-9H,10-13H2,1H3,(H,21,23). The molecule has 4 nitrogen and oxygen atoms in total. The Bertz CT molecular complexity index is 664. The molecule has 0 aromatic heterocycles. The molecule has 0 aliphatic rings. The van der Waals surface area contributed by atoms with E-state index < -0.39 is 5.82 Å². The molecule has 0 saturated heterocycles. The van der Waals surface area contributed by atoms with Gasteiger partial charge in [-0.25, -0.2) is 4.39 Å². The first-order valence-electron chi connectivity index (χ1n) is 7.66. The van der Waals surface area contributed by atoms with Gasteiger partial charge in [0, 0.05) is 24.5 Å². The number of rotatable bonds is 8. The van der Waals surface area contributed by atoms with E-state index in [0.29, 0.717) is 24.7 Å².